The minimum atomic E-state index is -4.86. The van der Waals surface area contributed by atoms with Crippen LogP contribution in [0.4, 0.5) is 13.2 Å². The van der Waals surface area contributed by atoms with Crippen LogP contribution in [0.5, 0.6) is 0 Å². The van der Waals surface area contributed by atoms with E-state index in [-0.39, 0.29) is 23.8 Å². The van der Waals surface area contributed by atoms with Crippen LogP contribution in [-0.4, -0.2) is 35.1 Å². The van der Waals surface area contributed by atoms with E-state index in [2.05, 4.69) is 18.3 Å². The van der Waals surface area contributed by atoms with Crippen LogP contribution in [0.1, 0.15) is 59.3 Å². The number of amides is 1. The minimum absolute atomic E-state index is 0.000337. The third-order valence-electron chi connectivity index (χ3n) is 6.01. The van der Waals surface area contributed by atoms with E-state index in [4.69, 9.17) is 0 Å². The number of ketones is 1. The lowest BCUT2D eigenvalue weighted by Crippen LogP contribution is -2.47. The first kappa shape index (κ1) is 20.9. The van der Waals surface area contributed by atoms with Gasteiger partial charge in [0, 0.05) is 18.9 Å². The van der Waals surface area contributed by atoms with Crippen molar-refractivity contribution in [2.45, 2.75) is 71.1 Å². The smallest absolute Gasteiger partial charge is 0.380 e. The Kier molecular flexibility index (Phi) is 5.90. The highest BCUT2D eigenvalue weighted by Gasteiger charge is 2.51. The molecule has 7 heteroatoms. The molecule has 0 aliphatic heterocycles. The van der Waals surface area contributed by atoms with Crippen LogP contribution in [0.3, 0.4) is 0 Å². The van der Waals surface area contributed by atoms with Crippen LogP contribution < -0.4 is 5.32 Å². The van der Waals surface area contributed by atoms with Crippen molar-refractivity contribution >= 4 is 11.7 Å². The molecule has 26 heavy (non-hydrogen) atoms. The fourth-order valence-corrected chi connectivity index (χ4v) is 4.41. The van der Waals surface area contributed by atoms with Gasteiger partial charge in [0.1, 0.15) is 5.78 Å². The van der Waals surface area contributed by atoms with Crippen molar-refractivity contribution in [2.24, 2.45) is 17.3 Å². The molecule has 0 aromatic heterocycles. The van der Waals surface area contributed by atoms with Gasteiger partial charge in [-0.1, -0.05) is 25.5 Å². The molecule has 1 amide bonds. The lowest BCUT2D eigenvalue weighted by molar-refractivity contribution is -0.253. The minimum Gasteiger partial charge on any atom is -0.380 e. The van der Waals surface area contributed by atoms with Crippen LogP contribution in [-0.2, 0) is 9.59 Å². The second-order valence-corrected chi connectivity index (χ2v) is 8.18. The molecule has 0 heterocycles. The molecule has 148 valence electrons. The molecule has 0 saturated heterocycles. The van der Waals surface area contributed by atoms with Gasteiger partial charge < -0.3 is 10.4 Å². The molecule has 0 bridgehead atoms. The number of hydrogen-bond donors (Lipinski definition) is 2. The van der Waals surface area contributed by atoms with Gasteiger partial charge in [-0.2, -0.15) is 13.2 Å². The number of carbonyl (C=O) groups excluding carboxylic acids is 2. The Balaban J connectivity index is 1.99. The normalized spacial score (nSPS) is 30.0. The predicted octanol–water partition coefficient (Wildman–Crippen LogP) is 3.54. The van der Waals surface area contributed by atoms with Crippen molar-refractivity contribution in [1.82, 2.24) is 5.32 Å². The number of fused-ring (bicyclic) bond motifs is 1. The topological polar surface area (TPSA) is 66.4 Å². The highest BCUT2D eigenvalue weighted by atomic mass is 19.4. The Bertz CT molecular complexity index is 597. The zero-order chi connectivity index (χ0) is 19.8. The maximum absolute atomic E-state index is 12.7. The molecule has 0 aromatic carbocycles. The molecule has 0 spiro atoms. The number of Topliss-reactive ketones (excluding diaryl/α,β-unsaturated/α-hetero) is 1. The Hall–Kier alpha value is -1.37. The molecule has 4 atom stereocenters. The van der Waals surface area contributed by atoms with Gasteiger partial charge in [-0.15, -0.1) is 0 Å². The Morgan fingerprint density at radius 3 is 2.73 bits per heavy atom. The largest absolute Gasteiger partial charge is 0.417 e. The maximum atomic E-state index is 12.7. The molecule has 1 fully saturated rings. The summed E-state index contributed by atoms with van der Waals surface area (Å²) in [4.78, 5) is 24.1. The highest BCUT2D eigenvalue weighted by Crippen LogP contribution is 2.51. The summed E-state index contributed by atoms with van der Waals surface area (Å²) in [5, 5.41) is 11.9. The van der Waals surface area contributed by atoms with Gasteiger partial charge in [0.15, 0.2) is 5.60 Å². The number of hydrogen-bond acceptors (Lipinski definition) is 3. The molecular formula is C19H28F3NO3. The SMILES string of the molecule is C[C@H](CNC(=O)C[C@](C)(O)C(F)(F)F)C1=CCC[C@H]2C(=O)CCC[C@]12C. The molecule has 4 nitrogen and oxygen atoms in total. The standard InChI is InChI=1S/C19H28F3NO3/c1-12(11-23-16(25)10-18(3,26)19(20,21)22)13-6-4-7-14-15(24)8-5-9-17(13,14)2/h6,12,14,26H,4-5,7-11H2,1-3H3,(H,23,25)/t12-,14+,17-,18+/m1/s1. The number of alkyl halides is 3. The summed E-state index contributed by atoms with van der Waals surface area (Å²) in [6.07, 6.45) is 0.260. The van der Waals surface area contributed by atoms with Crippen molar-refractivity contribution in [2.75, 3.05) is 6.54 Å². The summed E-state index contributed by atoms with van der Waals surface area (Å²) in [6.45, 7) is 4.79. The molecule has 0 unspecified atom stereocenters. The van der Waals surface area contributed by atoms with Crippen molar-refractivity contribution in [3.05, 3.63) is 11.6 Å². The summed E-state index contributed by atoms with van der Waals surface area (Å²) in [6, 6.07) is 0. The third kappa shape index (κ3) is 4.13. The lowest BCUT2D eigenvalue weighted by Gasteiger charge is -2.47. The van der Waals surface area contributed by atoms with Gasteiger partial charge in [0.2, 0.25) is 5.91 Å². The molecule has 2 aliphatic rings. The van der Waals surface area contributed by atoms with Crippen molar-refractivity contribution in [1.29, 1.82) is 0 Å². The molecule has 2 aliphatic carbocycles. The van der Waals surface area contributed by atoms with E-state index in [0.29, 0.717) is 19.1 Å². The molecular weight excluding hydrogens is 347 g/mol. The van der Waals surface area contributed by atoms with Gasteiger partial charge in [-0.05, 0) is 43.9 Å². The fraction of sp³-hybridized carbons (Fsp3) is 0.789. The van der Waals surface area contributed by atoms with E-state index in [0.717, 1.165) is 31.3 Å². The van der Waals surface area contributed by atoms with Crippen LogP contribution in [0, 0.1) is 17.3 Å². The lowest BCUT2D eigenvalue weighted by atomic mass is 9.57. The average Bonchev–Trinajstić information content (AvgIpc) is 2.50. The highest BCUT2D eigenvalue weighted by molar-refractivity contribution is 5.83. The number of aliphatic hydroxyl groups is 1. The predicted molar refractivity (Wildman–Crippen MR) is 91.2 cm³/mol. The Morgan fingerprint density at radius 2 is 2.12 bits per heavy atom. The number of carbonyl (C=O) groups is 2. The quantitative estimate of drug-likeness (QED) is 0.723. The Morgan fingerprint density at radius 1 is 1.46 bits per heavy atom. The van der Waals surface area contributed by atoms with Gasteiger partial charge in [-0.25, -0.2) is 0 Å². The van der Waals surface area contributed by atoms with Crippen LogP contribution in [0.25, 0.3) is 0 Å². The molecule has 2 rings (SSSR count). The van der Waals surface area contributed by atoms with Crippen molar-refractivity contribution in [3.8, 4) is 0 Å². The van der Waals surface area contributed by atoms with E-state index < -0.39 is 24.1 Å². The van der Waals surface area contributed by atoms with Crippen molar-refractivity contribution in [3.63, 3.8) is 0 Å². The van der Waals surface area contributed by atoms with Gasteiger partial charge in [0.05, 0.1) is 6.42 Å². The van der Waals surface area contributed by atoms with E-state index in [1.807, 2.05) is 6.92 Å². The number of allylic oxidation sites excluding steroid dienone is 1. The summed E-state index contributed by atoms with van der Waals surface area (Å²) < 4.78 is 38.1. The summed E-state index contributed by atoms with van der Waals surface area (Å²) in [5.41, 5.74) is -2.16. The van der Waals surface area contributed by atoms with E-state index in [1.165, 1.54) is 0 Å². The number of halogens is 3. The summed E-state index contributed by atoms with van der Waals surface area (Å²) in [7, 11) is 0. The van der Waals surface area contributed by atoms with Gasteiger partial charge in [-0.3, -0.25) is 9.59 Å². The second kappa shape index (κ2) is 7.33. The van der Waals surface area contributed by atoms with E-state index >= 15 is 0 Å². The van der Waals surface area contributed by atoms with E-state index in [9.17, 15) is 27.9 Å². The molecule has 2 N–H and O–H groups in total. The van der Waals surface area contributed by atoms with Crippen LogP contribution in [0.15, 0.2) is 11.6 Å². The van der Waals surface area contributed by atoms with Gasteiger partial charge in [0.25, 0.3) is 0 Å². The molecule has 1 saturated carbocycles. The van der Waals surface area contributed by atoms with E-state index in [1.54, 1.807) is 0 Å². The maximum Gasteiger partial charge on any atom is 0.417 e. The van der Waals surface area contributed by atoms with Gasteiger partial charge >= 0.3 is 6.18 Å². The number of rotatable bonds is 5. The fourth-order valence-electron chi connectivity index (χ4n) is 4.41. The molecule has 0 aromatic rings. The first-order chi connectivity index (χ1) is 11.9. The summed E-state index contributed by atoms with van der Waals surface area (Å²) in [5.74, 6) is -0.618. The van der Waals surface area contributed by atoms with Crippen LogP contribution in [0.2, 0.25) is 0 Å². The first-order valence-corrected chi connectivity index (χ1v) is 9.17. The number of nitrogens with one attached hydrogen (secondary N) is 1. The average molecular weight is 375 g/mol. The Labute approximate surface area is 152 Å². The van der Waals surface area contributed by atoms with Crippen molar-refractivity contribution < 1.29 is 27.9 Å². The second-order valence-electron chi connectivity index (χ2n) is 8.18. The zero-order valence-corrected chi connectivity index (χ0v) is 15.6. The monoisotopic (exact) mass is 375 g/mol. The zero-order valence-electron chi connectivity index (χ0n) is 15.6. The molecule has 0 radical (unpaired) electrons. The summed E-state index contributed by atoms with van der Waals surface area (Å²) >= 11 is 0. The third-order valence-corrected chi connectivity index (χ3v) is 6.01. The van der Waals surface area contributed by atoms with Crippen LogP contribution >= 0.6 is 0 Å². The first-order valence-electron chi connectivity index (χ1n) is 9.17.